The maximum atomic E-state index is 13.5. The summed E-state index contributed by atoms with van der Waals surface area (Å²) in [5, 5.41) is 13.3. The van der Waals surface area contributed by atoms with E-state index in [9.17, 15) is 53.9 Å². The molecule has 20 rings (SSSR count). The monoisotopic (exact) mass is 1710 g/mol. The average molecular weight is 1720 g/mol. The van der Waals surface area contributed by atoms with Crippen LogP contribution in [0.5, 0.6) is 0 Å². The normalized spacial score (nSPS) is 13.1. The molecule has 2 fully saturated rings. The van der Waals surface area contributed by atoms with Gasteiger partial charge < -0.3 is 24.7 Å². The second kappa shape index (κ2) is 35.1. The van der Waals surface area contributed by atoms with Gasteiger partial charge in [-0.15, -0.1) is 0 Å². The summed E-state index contributed by atoms with van der Waals surface area (Å²) in [4.78, 5) is 88.2. The zero-order valence-electron chi connectivity index (χ0n) is 66.3. The van der Waals surface area contributed by atoms with Crippen LogP contribution in [0.15, 0.2) is 261 Å². The smallest absolute Gasteiger partial charge is 0.381 e. The molecule has 9 aromatic heterocycles. The van der Waals surface area contributed by atoms with Gasteiger partial charge in [0.05, 0.1) is 71.7 Å². The van der Waals surface area contributed by atoms with Gasteiger partial charge in [-0.25, -0.2) is 41.5 Å². The molecule has 0 amide bonds. The van der Waals surface area contributed by atoms with Crippen molar-refractivity contribution in [1.29, 1.82) is 0 Å². The number of aryl methyl sites for hydroxylation is 3. The Kier molecular flexibility index (Phi) is 23.3. The number of imidazole rings is 4. The van der Waals surface area contributed by atoms with Gasteiger partial charge in [0.2, 0.25) is 23.8 Å². The summed E-state index contributed by atoms with van der Waals surface area (Å²) >= 11 is 6.05. The highest BCUT2D eigenvalue weighted by atomic mass is 35.5. The van der Waals surface area contributed by atoms with Gasteiger partial charge in [0.15, 0.2) is 9.84 Å². The number of pyridine rings is 1. The number of benzene rings is 9. The first-order chi connectivity index (χ1) is 60.0. The molecule has 10 heterocycles. The van der Waals surface area contributed by atoms with Crippen molar-refractivity contribution >= 4 is 65.6 Å². The molecule has 0 spiro atoms. The van der Waals surface area contributed by atoms with Crippen LogP contribution in [-0.2, 0) is 65.7 Å². The SMILES string of the molecule is CS(=O)(=O)c1ccc(-c2[nH]n(-c3nc4ccccc4[nH]3)c(=O)c2CCc2ccc(F)cc2)cc1.O=c1c(CC2CCOCC2)c(-c2ccc(F)cc2)[nH]n1-c1nc2ccccc2[nH]1.O=c1c(CCc2ccc(F)cc2)c(C2CC2)[nH]n1-c1nc2ccc(Cl)cc2[nH]1.O=c1c(CCc2ccncc2)c(-c2ccc(C(F)(F)F)cc2)[nH]n1-c1nc2ccccc2[nH]1. The van der Waals surface area contributed by atoms with Crippen LogP contribution in [0.2, 0.25) is 5.02 Å². The van der Waals surface area contributed by atoms with Crippen molar-refractivity contribution in [2.75, 3.05) is 19.5 Å². The van der Waals surface area contributed by atoms with E-state index in [-0.39, 0.29) is 44.6 Å². The maximum Gasteiger partial charge on any atom is 0.416 e. The summed E-state index contributed by atoms with van der Waals surface area (Å²) in [7, 11) is -3.35. The van der Waals surface area contributed by atoms with Gasteiger partial charge >= 0.3 is 6.18 Å². The predicted octanol–water partition coefficient (Wildman–Crippen LogP) is 17.3. The minimum absolute atomic E-state index is 0.0887. The Hall–Kier alpha value is -14.2. The molecule has 8 N–H and O–H groups in total. The first-order valence-corrected chi connectivity index (χ1v) is 42.3. The zero-order chi connectivity index (χ0) is 85.9. The molecule has 0 radical (unpaired) electrons. The van der Waals surface area contributed by atoms with E-state index < -0.39 is 21.6 Å². The van der Waals surface area contributed by atoms with Crippen molar-refractivity contribution in [1.82, 2.24) is 84.0 Å². The number of rotatable bonds is 20. The molecule has 18 aromatic rings. The molecule has 2 aliphatic rings. The number of fused-ring (bicyclic) bond motifs is 4. The average Bonchev–Trinajstić information content (AvgIpc) is 1.65. The van der Waals surface area contributed by atoms with Crippen LogP contribution in [0.1, 0.15) is 81.8 Å². The Labute approximate surface area is 706 Å². The third kappa shape index (κ3) is 18.2. The second-order valence-electron chi connectivity index (χ2n) is 30.4. The topological polar surface area (TPSA) is 322 Å². The van der Waals surface area contributed by atoms with Crippen molar-refractivity contribution in [3.8, 4) is 57.6 Å². The summed E-state index contributed by atoms with van der Waals surface area (Å²) in [5.74, 6) is 1.47. The molecule has 32 heteroatoms. The number of H-pyrrole nitrogens is 8. The van der Waals surface area contributed by atoms with E-state index in [1.807, 2.05) is 91.0 Å². The van der Waals surface area contributed by atoms with E-state index in [0.717, 1.165) is 129 Å². The fourth-order valence-corrected chi connectivity index (χ4v) is 16.0. The minimum atomic E-state index is -4.43. The van der Waals surface area contributed by atoms with E-state index in [4.69, 9.17) is 16.3 Å². The molecule has 9 aromatic carbocycles. The van der Waals surface area contributed by atoms with Gasteiger partial charge in [-0.05, 0) is 244 Å². The van der Waals surface area contributed by atoms with Crippen LogP contribution >= 0.6 is 11.6 Å². The standard InChI is InChI=1S/C25H21FN4O3S.C24H18F3N5O.C22H21FN4O2.C21H18ClFN4O/c1-34(32,33)19-13-9-17(10-14-19)23-20(15-8-16-6-11-18(26)12-7-16)24(31)30(29-23)25-27-21-4-2-3-5-22(21)28-25;25-24(26,27)17-8-6-16(7-9-17)21-18(10-5-15-11-13-28-14-12-15)22(33)32(31-21)23-29-19-3-1-2-4-20(19)30-23;23-16-7-5-15(6-8-16)20-17(13-14-9-11-29-12-10-14)21(28)27(26-20)22-24-18-3-1-2-4-19(18)25-22;22-14-6-10-17-18(11-14)25-21(24-17)27-20(28)16(19(26-27)13-4-5-13)9-3-12-1-7-15(23)8-2-12/h2-7,9-14,29H,8,15H2,1H3,(H,27,28);1-4,6-9,11-14,31H,5,10H2,(H,29,30);1-8,14,26H,9-13H2,(H,24,25);1-2,6-8,10-11,13,26H,3-5,9H2,(H,24,25). The Bertz CT molecular complexity index is 7160. The van der Waals surface area contributed by atoms with Gasteiger partial charge in [0.25, 0.3) is 22.2 Å². The van der Waals surface area contributed by atoms with Crippen molar-refractivity contribution in [2.45, 2.75) is 87.6 Å². The van der Waals surface area contributed by atoms with Crippen LogP contribution in [0, 0.1) is 23.4 Å². The van der Waals surface area contributed by atoms with Gasteiger partial charge in [-0.1, -0.05) is 96.5 Å². The summed E-state index contributed by atoms with van der Waals surface area (Å²) in [6, 6.07) is 61.6. The molecule has 1 aliphatic heterocycles. The number of hydrogen-bond donors (Lipinski definition) is 8. The summed E-state index contributed by atoms with van der Waals surface area (Å²) in [6.07, 6.45) is 7.92. The Balaban J connectivity index is 0.000000117. The number of nitrogens with zero attached hydrogens (tertiary/aromatic N) is 9. The van der Waals surface area contributed by atoms with Crippen molar-refractivity contribution < 1.29 is 39.5 Å². The van der Waals surface area contributed by atoms with E-state index in [2.05, 4.69) is 65.3 Å². The molecule has 24 nitrogen and oxygen atoms in total. The predicted molar refractivity (Wildman–Crippen MR) is 462 cm³/mol. The van der Waals surface area contributed by atoms with E-state index >= 15 is 0 Å². The third-order valence-electron chi connectivity index (χ3n) is 22.0. The fourth-order valence-electron chi connectivity index (χ4n) is 15.2. The largest absolute Gasteiger partial charge is 0.416 e. The minimum Gasteiger partial charge on any atom is -0.381 e. The highest BCUT2D eigenvalue weighted by molar-refractivity contribution is 7.90. The lowest BCUT2D eigenvalue weighted by atomic mass is 9.91. The van der Waals surface area contributed by atoms with Crippen LogP contribution in [0.4, 0.5) is 26.3 Å². The van der Waals surface area contributed by atoms with Crippen LogP contribution in [0.25, 0.3) is 102 Å². The molecule has 628 valence electrons. The molecule has 1 aliphatic carbocycles. The molecule has 0 atom stereocenters. The van der Waals surface area contributed by atoms with Gasteiger partial charge in [-0.2, -0.15) is 31.9 Å². The van der Waals surface area contributed by atoms with E-state index in [0.29, 0.717) is 136 Å². The summed E-state index contributed by atoms with van der Waals surface area (Å²) in [5.41, 5.74) is 14.7. The highest BCUT2D eigenvalue weighted by Gasteiger charge is 2.33. The van der Waals surface area contributed by atoms with Crippen molar-refractivity contribution in [3.05, 3.63) is 351 Å². The van der Waals surface area contributed by atoms with Crippen LogP contribution in [-0.4, -0.2) is 112 Å². The van der Waals surface area contributed by atoms with E-state index in [1.165, 1.54) is 79.4 Å². The maximum absolute atomic E-state index is 13.5. The lowest BCUT2D eigenvalue weighted by Gasteiger charge is -2.21. The molecule has 0 unspecified atom stereocenters. The second-order valence-corrected chi connectivity index (χ2v) is 32.9. The number of para-hydroxylation sites is 6. The first kappa shape index (κ1) is 82.2. The molecule has 124 heavy (non-hydrogen) atoms. The number of aromatic amines is 8. The lowest BCUT2D eigenvalue weighted by molar-refractivity contribution is -0.137. The summed E-state index contributed by atoms with van der Waals surface area (Å²) < 4.78 is 114. The number of halogens is 7. The number of aromatic nitrogens is 17. The third-order valence-corrected chi connectivity index (χ3v) is 23.3. The Morgan fingerprint density at radius 3 is 1.23 bits per heavy atom. The molecule has 1 saturated heterocycles. The molecular formula is C92H78ClF6N17O7S. The van der Waals surface area contributed by atoms with Crippen LogP contribution < -0.4 is 22.2 Å². The van der Waals surface area contributed by atoms with Gasteiger partial charge in [0, 0.05) is 76.3 Å². The fraction of sp³-hybridized carbons (Fsp3) is 0.185. The Morgan fingerprint density at radius 1 is 0.419 bits per heavy atom. The Morgan fingerprint density at radius 2 is 0.790 bits per heavy atom. The lowest BCUT2D eigenvalue weighted by Crippen LogP contribution is -2.23. The van der Waals surface area contributed by atoms with Gasteiger partial charge in [0.1, 0.15) is 17.5 Å². The molecule has 1 saturated carbocycles. The van der Waals surface area contributed by atoms with Crippen LogP contribution in [0.3, 0.4) is 0 Å². The number of sulfone groups is 1. The van der Waals surface area contributed by atoms with Gasteiger partial charge in [-0.3, -0.25) is 44.6 Å². The molecular weight excluding hydrogens is 1640 g/mol. The number of nitrogens with one attached hydrogen (secondary N) is 8. The first-order valence-electron chi connectivity index (χ1n) is 40.0. The summed E-state index contributed by atoms with van der Waals surface area (Å²) in [6.45, 7) is 1.44. The number of hydrogen-bond acceptors (Lipinski definition) is 12. The number of ether oxygens (including phenoxy) is 1. The van der Waals surface area contributed by atoms with Crippen molar-refractivity contribution in [3.63, 3.8) is 0 Å². The highest BCUT2D eigenvalue weighted by Crippen LogP contribution is 2.41. The zero-order valence-corrected chi connectivity index (χ0v) is 67.9. The molecule has 0 bridgehead atoms. The van der Waals surface area contributed by atoms with E-state index in [1.54, 1.807) is 73.1 Å². The quantitative estimate of drug-likeness (QED) is 0.0330. The van der Waals surface area contributed by atoms with Crippen molar-refractivity contribution in [2.24, 2.45) is 5.92 Å². The number of alkyl halides is 3.